The summed E-state index contributed by atoms with van der Waals surface area (Å²) in [6.45, 7) is 6.67. The van der Waals surface area contributed by atoms with Crippen molar-refractivity contribution in [2.24, 2.45) is 34.5 Å². The van der Waals surface area contributed by atoms with E-state index in [0.717, 1.165) is 32.1 Å². The lowest BCUT2D eigenvalue weighted by atomic mass is 9.45. The van der Waals surface area contributed by atoms with Crippen LogP contribution in [0.2, 0.25) is 0 Å². The molecule has 6 atom stereocenters. The van der Waals surface area contributed by atoms with Crippen LogP contribution in [0.15, 0.2) is 23.0 Å². The molecule has 0 spiro atoms. The van der Waals surface area contributed by atoms with Crippen LogP contribution in [0.4, 0.5) is 4.39 Å². The number of carbonyl (C=O) groups is 2. The van der Waals surface area contributed by atoms with Gasteiger partial charge >= 0.3 is 5.97 Å². The second kappa shape index (κ2) is 5.77. The van der Waals surface area contributed by atoms with Crippen molar-refractivity contribution in [3.8, 4) is 0 Å². The molecule has 4 heteroatoms. The second-order valence-corrected chi connectivity index (χ2v) is 9.59. The van der Waals surface area contributed by atoms with Crippen molar-refractivity contribution in [1.29, 1.82) is 0 Å². The van der Waals surface area contributed by atoms with Gasteiger partial charge in [0.05, 0.1) is 0 Å². The van der Waals surface area contributed by atoms with E-state index in [4.69, 9.17) is 5.11 Å². The van der Waals surface area contributed by atoms with Crippen molar-refractivity contribution in [2.45, 2.75) is 65.7 Å². The van der Waals surface area contributed by atoms with E-state index < -0.39 is 11.8 Å². The van der Waals surface area contributed by atoms with Crippen LogP contribution in [0.25, 0.3) is 0 Å². The molecule has 3 fully saturated rings. The number of hydrogen-bond acceptors (Lipinski definition) is 2. The third-order valence-corrected chi connectivity index (χ3v) is 8.52. The van der Waals surface area contributed by atoms with Crippen LogP contribution in [0.3, 0.4) is 0 Å². The van der Waals surface area contributed by atoms with Gasteiger partial charge in [-0.25, -0.2) is 4.79 Å². The van der Waals surface area contributed by atoms with Gasteiger partial charge in [0, 0.05) is 6.42 Å². The summed E-state index contributed by atoms with van der Waals surface area (Å²) in [6.07, 6.45) is 7.87. The van der Waals surface area contributed by atoms with Gasteiger partial charge in [-0.05, 0) is 84.7 Å². The number of carboxylic acid groups (broad SMARTS) is 1. The Balaban J connectivity index is 1.73. The number of carbonyl (C=O) groups excluding carboxylic acids is 1. The minimum Gasteiger partial charge on any atom is -0.476 e. The highest BCUT2D eigenvalue weighted by Crippen LogP contribution is 2.67. The van der Waals surface area contributed by atoms with E-state index in [1.807, 2.05) is 6.08 Å². The van der Waals surface area contributed by atoms with Gasteiger partial charge in [-0.15, -0.1) is 0 Å². The van der Waals surface area contributed by atoms with Crippen molar-refractivity contribution >= 4 is 11.8 Å². The molecule has 26 heavy (non-hydrogen) atoms. The number of ketones is 1. The highest BCUT2D eigenvalue weighted by molar-refractivity contribution is 5.91. The molecule has 0 amide bonds. The number of allylic oxidation sites excluding steroid dienone is 2. The van der Waals surface area contributed by atoms with Crippen molar-refractivity contribution in [2.75, 3.05) is 0 Å². The number of rotatable bonds is 1. The maximum Gasteiger partial charge on any atom is 0.364 e. The predicted octanol–water partition coefficient (Wildman–Crippen LogP) is 5.07. The van der Waals surface area contributed by atoms with E-state index in [2.05, 4.69) is 20.8 Å². The molecule has 0 aromatic rings. The first-order valence-electron chi connectivity index (χ1n) is 10.1. The zero-order valence-corrected chi connectivity index (χ0v) is 16.0. The topological polar surface area (TPSA) is 54.4 Å². The first-order valence-corrected chi connectivity index (χ1v) is 10.1. The van der Waals surface area contributed by atoms with Gasteiger partial charge in [0.1, 0.15) is 0 Å². The molecular weight excluding hydrogens is 331 g/mol. The number of aliphatic carboxylic acids is 1. The normalized spacial score (nSPS) is 46.8. The van der Waals surface area contributed by atoms with E-state index in [1.54, 1.807) is 0 Å². The highest BCUT2D eigenvalue weighted by atomic mass is 19.1. The van der Waals surface area contributed by atoms with Crippen molar-refractivity contribution in [3.63, 3.8) is 0 Å². The van der Waals surface area contributed by atoms with Crippen molar-refractivity contribution < 1.29 is 19.1 Å². The molecule has 0 radical (unpaired) electrons. The van der Waals surface area contributed by atoms with Crippen LogP contribution in [0, 0.1) is 34.5 Å². The molecule has 0 aliphatic heterocycles. The lowest BCUT2D eigenvalue weighted by molar-refractivity contribution is -0.134. The average molecular weight is 360 g/mol. The zero-order valence-electron chi connectivity index (χ0n) is 16.0. The Morgan fingerprint density at radius 3 is 2.54 bits per heavy atom. The summed E-state index contributed by atoms with van der Waals surface area (Å²) in [6, 6.07) is 0. The Hall–Kier alpha value is -1.45. The van der Waals surface area contributed by atoms with Gasteiger partial charge in [0.2, 0.25) is 5.83 Å². The van der Waals surface area contributed by atoms with Crippen LogP contribution in [0.5, 0.6) is 0 Å². The first-order chi connectivity index (χ1) is 12.2. The summed E-state index contributed by atoms with van der Waals surface area (Å²) >= 11 is 0. The zero-order chi connectivity index (χ0) is 18.9. The summed E-state index contributed by atoms with van der Waals surface area (Å²) in [4.78, 5) is 23.2. The standard InChI is InChI=1S/C22H29FO3/c1-12-10-14-15-4-5-17(19(23)20(25)26)21(15,2)9-7-16(14)22(3)8-6-13(24)11-18(12)22/h11-12,14-16H,4-10H2,1-3H3,(H,25,26)/t12?,14-,15-,16-,21-,22+/m0/s1. The molecular formula is C22H29FO3. The van der Waals surface area contributed by atoms with Gasteiger partial charge in [-0.1, -0.05) is 26.3 Å². The van der Waals surface area contributed by atoms with Gasteiger partial charge in [0.25, 0.3) is 0 Å². The fourth-order valence-electron chi connectivity index (χ4n) is 7.29. The Kier molecular flexibility index (Phi) is 3.98. The summed E-state index contributed by atoms with van der Waals surface area (Å²) in [7, 11) is 0. The molecule has 0 bridgehead atoms. The number of carboxylic acids is 1. The van der Waals surface area contributed by atoms with E-state index in [9.17, 15) is 14.0 Å². The molecule has 4 aliphatic rings. The van der Waals surface area contributed by atoms with Crippen molar-refractivity contribution in [1.82, 2.24) is 0 Å². The Morgan fingerprint density at radius 1 is 1.15 bits per heavy atom. The minimum absolute atomic E-state index is 0.0788. The molecule has 3 saturated carbocycles. The monoisotopic (exact) mass is 360 g/mol. The summed E-state index contributed by atoms with van der Waals surface area (Å²) in [5.41, 5.74) is 1.65. The third-order valence-electron chi connectivity index (χ3n) is 8.52. The van der Waals surface area contributed by atoms with E-state index in [0.29, 0.717) is 42.1 Å². The Morgan fingerprint density at radius 2 is 1.85 bits per heavy atom. The van der Waals surface area contributed by atoms with Gasteiger partial charge in [0.15, 0.2) is 5.78 Å². The molecule has 1 unspecified atom stereocenters. The number of hydrogen-bond donors (Lipinski definition) is 1. The fourth-order valence-corrected chi connectivity index (χ4v) is 7.29. The molecule has 4 rings (SSSR count). The van der Waals surface area contributed by atoms with Crippen LogP contribution < -0.4 is 0 Å². The van der Waals surface area contributed by atoms with Crippen LogP contribution in [0.1, 0.15) is 65.7 Å². The lowest BCUT2D eigenvalue weighted by Crippen LogP contribution is -2.51. The average Bonchev–Trinajstić information content (AvgIpc) is 2.93. The largest absolute Gasteiger partial charge is 0.476 e. The van der Waals surface area contributed by atoms with Gasteiger partial charge < -0.3 is 5.11 Å². The molecule has 142 valence electrons. The Bertz CT molecular complexity index is 736. The molecule has 1 N–H and O–H groups in total. The van der Waals surface area contributed by atoms with Crippen molar-refractivity contribution in [3.05, 3.63) is 23.0 Å². The van der Waals surface area contributed by atoms with Gasteiger partial charge in [-0.3, -0.25) is 4.79 Å². The third kappa shape index (κ3) is 2.30. The SMILES string of the molecule is CC1C[C@@H]2[C@H](CC[C@]3(C)C(=C(F)C(=O)O)CC[C@@H]23)[C@@]2(C)CCC(=O)C=C12. The quantitative estimate of drug-likeness (QED) is 0.664. The molecule has 0 aromatic carbocycles. The predicted molar refractivity (Wildman–Crippen MR) is 97.0 cm³/mol. The first kappa shape index (κ1) is 17.9. The molecule has 0 heterocycles. The summed E-state index contributed by atoms with van der Waals surface area (Å²) < 4.78 is 14.4. The summed E-state index contributed by atoms with van der Waals surface area (Å²) in [5, 5.41) is 9.17. The fraction of sp³-hybridized carbons (Fsp3) is 0.727. The molecule has 0 aromatic heterocycles. The Labute approximate surface area is 154 Å². The van der Waals surface area contributed by atoms with E-state index in [1.165, 1.54) is 5.57 Å². The smallest absolute Gasteiger partial charge is 0.364 e. The lowest BCUT2D eigenvalue weighted by Gasteiger charge is -2.59. The highest BCUT2D eigenvalue weighted by Gasteiger charge is 2.59. The van der Waals surface area contributed by atoms with E-state index >= 15 is 0 Å². The summed E-state index contributed by atoms with van der Waals surface area (Å²) in [5.74, 6) is -0.291. The van der Waals surface area contributed by atoms with Gasteiger partial charge in [-0.2, -0.15) is 4.39 Å². The molecule has 3 nitrogen and oxygen atoms in total. The van der Waals surface area contributed by atoms with E-state index in [-0.39, 0.29) is 16.6 Å². The maximum absolute atomic E-state index is 14.4. The maximum atomic E-state index is 14.4. The second-order valence-electron chi connectivity index (χ2n) is 9.59. The minimum atomic E-state index is -1.41. The number of halogens is 1. The molecule has 0 saturated heterocycles. The van der Waals surface area contributed by atoms with Crippen LogP contribution >= 0.6 is 0 Å². The molecule has 4 aliphatic carbocycles. The van der Waals surface area contributed by atoms with Crippen LogP contribution in [-0.4, -0.2) is 16.9 Å². The number of fused-ring (bicyclic) bond motifs is 5. The van der Waals surface area contributed by atoms with Crippen LogP contribution in [-0.2, 0) is 9.59 Å².